The maximum Gasteiger partial charge on any atom is 0.0594 e. The van der Waals surface area contributed by atoms with E-state index in [-0.39, 0.29) is 24.8 Å². The van der Waals surface area contributed by atoms with Crippen LogP contribution in [0.5, 0.6) is 0 Å². The van der Waals surface area contributed by atoms with Gasteiger partial charge in [-0.15, -0.1) is 24.8 Å². The molecule has 1 saturated heterocycles. The van der Waals surface area contributed by atoms with Crippen LogP contribution in [0.15, 0.2) is 0 Å². The third-order valence-corrected chi connectivity index (χ3v) is 1.68. The van der Waals surface area contributed by atoms with Crippen molar-refractivity contribution < 1.29 is 4.74 Å². The Morgan fingerprint density at radius 3 is 2.33 bits per heavy atom. The molecule has 1 fully saturated rings. The quantitative estimate of drug-likeness (QED) is 0.501. The summed E-state index contributed by atoms with van der Waals surface area (Å²) in [5.74, 6) is 5.14. The van der Waals surface area contributed by atoms with Gasteiger partial charge in [-0.05, 0) is 0 Å². The van der Waals surface area contributed by atoms with Gasteiger partial charge in [0, 0.05) is 26.2 Å². The average Bonchev–Trinajstić information content (AvgIpc) is 2.03. The first-order valence-corrected chi connectivity index (χ1v) is 3.67. The molecule has 0 radical (unpaired) electrons. The van der Waals surface area contributed by atoms with E-state index in [9.17, 15) is 0 Å². The lowest BCUT2D eigenvalue weighted by Crippen LogP contribution is -2.41. The first-order chi connectivity index (χ1) is 4.93. The molecule has 0 amide bonds. The zero-order valence-corrected chi connectivity index (χ0v) is 8.62. The molecule has 6 heteroatoms. The van der Waals surface area contributed by atoms with Crippen LogP contribution in [-0.2, 0) is 4.74 Å². The molecule has 0 atom stereocenters. The van der Waals surface area contributed by atoms with Gasteiger partial charge in [0.15, 0.2) is 0 Å². The standard InChI is InChI=1S/C6H15N3O.2ClH/c7-8-1-2-9-3-5-10-6-4-9;;/h8H,1-7H2;2*1H. The highest BCUT2D eigenvalue weighted by molar-refractivity contribution is 5.85. The molecule has 1 aliphatic heterocycles. The molecule has 0 aromatic carbocycles. The predicted octanol–water partition coefficient (Wildman–Crippen LogP) is -0.375. The Balaban J connectivity index is 0. The SMILES string of the molecule is Cl.Cl.NNCCN1CCOCC1. The number of morpholine rings is 1. The lowest BCUT2D eigenvalue weighted by atomic mass is 10.4. The smallest absolute Gasteiger partial charge is 0.0594 e. The van der Waals surface area contributed by atoms with Crippen LogP contribution in [-0.4, -0.2) is 44.3 Å². The Morgan fingerprint density at radius 2 is 1.83 bits per heavy atom. The second kappa shape index (κ2) is 9.51. The molecule has 1 aliphatic rings. The molecular formula is C6H17Cl2N3O. The monoisotopic (exact) mass is 217 g/mol. The Morgan fingerprint density at radius 1 is 1.25 bits per heavy atom. The number of nitrogens with zero attached hydrogens (tertiary/aromatic N) is 1. The summed E-state index contributed by atoms with van der Waals surface area (Å²) in [4.78, 5) is 2.34. The average molecular weight is 218 g/mol. The minimum atomic E-state index is 0. The van der Waals surface area contributed by atoms with Crippen molar-refractivity contribution in [3.8, 4) is 0 Å². The zero-order chi connectivity index (χ0) is 7.23. The fourth-order valence-electron chi connectivity index (χ4n) is 1.05. The molecule has 76 valence electrons. The van der Waals surface area contributed by atoms with E-state index in [4.69, 9.17) is 10.6 Å². The van der Waals surface area contributed by atoms with Crippen molar-refractivity contribution in [1.29, 1.82) is 0 Å². The van der Waals surface area contributed by atoms with Gasteiger partial charge in [0.2, 0.25) is 0 Å². The van der Waals surface area contributed by atoms with Gasteiger partial charge in [0.1, 0.15) is 0 Å². The van der Waals surface area contributed by atoms with Crippen LogP contribution in [0.4, 0.5) is 0 Å². The highest BCUT2D eigenvalue weighted by atomic mass is 35.5. The number of hydrazine groups is 1. The van der Waals surface area contributed by atoms with E-state index in [1.54, 1.807) is 0 Å². The van der Waals surface area contributed by atoms with Gasteiger partial charge >= 0.3 is 0 Å². The summed E-state index contributed by atoms with van der Waals surface area (Å²) in [6.45, 7) is 5.71. The summed E-state index contributed by atoms with van der Waals surface area (Å²) in [7, 11) is 0. The van der Waals surface area contributed by atoms with E-state index in [2.05, 4.69) is 10.3 Å². The Labute approximate surface area is 85.6 Å². The van der Waals surface area contributed by atoms with Gasteiger partial charge < -0.3 is 4.74 Å². The van der Waals surface area contributed by atoms with Crippen molar-refractivity contribution in [2.24, 2.45) is 5.84 Å². The lowest BCUT2D eigenvalue weighted by molar-refractivity contribution is 0.0384. The van der Waals surface area contributed by atoms with Crippen LogP contribution >= 0.6 is 24.8 Å². The molecule has 3 N–H and O–H groups in total. The Hall–Kier alpha value is 0.420. The van der Waals surface area contributed by atoms with Crippen molar-refractivity contribution in [3.63, 3.8) is 0 Å². The lowest BCUT2D eigenvalue weighted by Gasteiger charge is -2.26. The number of nitrogens with two attached hydrogens (primary N) is 1. The minimum absolute atomic E-state index is 0. The van der Waals surface area contributed by atoms with E-state index in [0.717, 1.165) is 39.4 Å². The molecule has 0 aromatic heterocycles. The highest BCUT2D eigenvalue weighted by Gasteiger charge is 2.08. The van der Waals surface area contributed by atoms with Crippen molar-refractivity contribution in [1.82, 2.24) is 10.3 Å². The maximum absolute atomic E-state index is 5.19. The third kappa shape index (κ3) is 5.99. The topological polar surface area (TPSA) is 50.5 Å². The van der Waals surface area contributed by atoms with Crippen molar-refractivity contribution in [3.05, 3.63) is 0 Å². The Bertz CT molecular complexity index is 90.9. The predicted molar refractivity (Wildman–Crippen MR) is 53.9 cm³/mol. The van der Waals surface area contributed by atoms with Crippen LogP contribution in [0.3, 0.4) is 0 Å². The van der Waals surface area contributed by atoms with Gasteiger partial charge in [-0.2, -0.15) is 0 Å². The molecule has 0 aromatic rings. The maximum atomic E-state index is 5.19. The molecule has 0 saturated carbocycles. The third-order valence-electron chi connectivity index (χ3n) is 1.68. The van der Waals surface area contributed by atoms with Crippen molar-refractivity contribution >= 4 is 24.8 Å². The second-order valence-corrected chi connectivity index (χ2v) is 2.41. The van der Waals surface area contributed by atoms with E-state index in [1.807, 2.05) is 0 Å². The first-order valence-electron chi connectivity index (χ1n) is 3.67. The molecule has 1 rings (SSSR count). The number of hydrogen-bond donors (Lipinski definition) is 2. The molecule has 0 unspecified atom stereocenters. The fraction of sp³-hybridized carbons (Fsp3) is 1.00. The Kier molecular flexibility index (Phi) is 11.8. The van der Waals surface area contributed by atoms with Crippen LogP contribution in [0.2, 0.25) is 0 Å². The van der Waals surface area contributed by atoms with Crippen LogP contribution in [0.25, 0.3) is 0 Å². The molecule has 0 aliphatic carbocycles. The number of halogens is 2. The molecule has 0 bridgehead atoms. The summed E-state index contributed by atoms with van der Waals surface area (Å²) in [5, 5.41) is 0. The van der Waals surface area contributed by atoms with E-state index < -0.39 is 0 Å². The van der Waals surface area contributed by atoms with Crippen molar-refractivity contribution in [2.45, 2.75) is 0 Å². The van der Waals surface area contributed by atoms with Crippen LogP contribution in [0, 0.1) is 0 Å². The van der Waals surface area contributed by atoms with Crippen LogP contribution in [0.1, 0.15) is 0 Å². The van der Waals surface area contributed by atoms with E-state index in [1.165, 1.54) is 0 Å². The minimum Gasteiger partial charge on any atom is -0.379 e. The number of hydrogen-bond acceptors (Lipinski definition) is 4. The number of ether oxygens (including phenoxy) is 1. The summed E-state index contributed by atoms with van der Waals surface area (Å²) >= 11 is 0. The largest absolute Gasteiger partial charge is 0.379 e. The molecule has 1 heterocycles. The first kappa shape index (κ1) is 14.9. The second-order valence-electron chi connectivity index (χ2n) is 2.41. The molecule has 12 heavy (non-hydrogen) atoms. The van der Waals surface area contributed by atoms with Crippen molar-refractivity contribution in [2.75, 3.05) is 39.4 Å². The highest BCUT2D eigenvalue weighted by Crippen LogP contribution is 1.93. The normalized spacial score (nSPS) is 17.8. The summed E-state index contributed by atoms with van der Waals surface area (Å²) < 4.78 is 5.19. The fourth-order valence-corrected chi connectivity index (χ4v) is 1.05. The summed E-state index contributed by atoms with van der Waals surface area (Å²) in [6, 6.07) is 0. The van der Waals surface area contributed by atoms with Gasteiger partial charge in [0.05, 0.1) is 13.2 Å². The van der Waals surface area contributed by atoms with Gasteiger partial charge in [0.25, 0.3) is 0 Å². The van der Waals surface area contributed by atoms with E-state index in [0.29, 0.717) is 0 Å². The van der Waals surface area contributed by atoms with Crippen LogP contribution < -0.4 is 11.3 Å². The number of nitrogens with one attached hydrogen (secondary N) is 1. The van der Waals surface area contributed by atoms with E-state index >= 15 is 0 Å². The van der Waals surface area contributed by atoms with Gasteiger partial charge in [-0.1, -0.05) is 0 Å². The molecular weight excluding hydrogens is 201 g/mol. The molecule has 0 spiro atoms. The van der Waals surface area contributed by atoms with Gasteiger partial charge in [-0.3, -0.25) is 16.2 Å². The summed E-state index contributed by atoms with van der Waals surface area (Å²) in [5.41, 5.74) is 2.63. The zero-order valence-electron chi connectivity index (χ0n) is 6.99. The number of rotatable bonds is 3. The summed E-state index contributed by atoms with van der Waals surface area (Å²) in [6.07, 6.45) is 0. The van der Waals surface area contributed by atoms with Gasteiger partial charge in [-0.25, -0.2) is 0 Å². The molecule has 4 nitrogen and oxygen atoms in total.